The summed E-state index contributed by atoms with van der Waals surface area (Å²) in [5.74, 6) is -0.445. The maximum absolute atomic E-state index is 13.7. The topological polar surface area (TPSA) is 55.4 Å². The molecule has 1 amide bonds. The van der Waals surface area contributed by atoms with Gasteiger partial charge >= 0.3 is 0 Å². The van der Waals surface area contributed by atoms with Crippen molar-refractivity contribution in [3.63, 3.8) is 0 Å². The summed E-state index contributed by atoms with van der Waals surface area (Å²) in [7, 11) is 0. The number of carbonyl (C=O) groups is 2. The molecular formula is C20H13ClFNO3. The number of hydrogen-bond acceptors (Lipinski definition) is 3. The van der Waals surface area contributed by atoms with Gasteiger partial charge in [-0.3, -0.25) is 9.59 Å². The fourth-order valence-electron chi connectivity index (χ4n) is 2.31. The molecule has 0 spiro atoms. The number of benzene rings is 3. The molecule has 26 heavy (non-hydrogen) atoms. The first-order chi connectivity index (χ1) is 12.6. The van der Waals surface area contributed by atoms with Gasteiger partial charge in [0.15, 0.2) is 6.29 Å². The summed E-state index contributed by atoms with van der Waals surface area (Å²) in [5.41, 5.74) is 0.495. The summed E-state index contributed by atoms with van der Waals surface area (Å²) in [6.07, 6.45) is 0.610. The van der Waals surface area contributed by atoms with Crippen LogP contribution in [-0.2, 0) is 0 Å². The molecule has 4 nitrogen and oxygen atoms in total. The minimum atomic E-state index is -0.624. The molecule has 1 N–H and O–H groups in total. The van der Waals surface area contributed by atoms with E-state index in [1.165, 1.54) is 24.3 Å². The molecule has 0 aliphatic carbocycles. The Bertz CT molecular complexity index is 975. The summed E-state index contributed by atoms with van der Waals surface area (Å²) in [6.45, 7) is 0. The first kappa shape index (κ1) is 17.6. The lowest BCUT2D eigenvalue weighted by atomic mass is 10.1. The molecule has 0 unspecified atom stereocenters. The van der Waals surface area contributed by atoms with Crippen molar-refractivity contribution in [1.29, 1.82) is 0 Å². The van der Waals surface area contributed by atoms with E-state index < -0.39 is 11.7 Å². The highest BCUT2D eigenvalue weighted by Gasteiger charge is 2.13. The number of ether oxygens (including phenoxy) is 1. The van der Waals surface area contributed by atoms with Gasteiger partial charge in [-0.2, -0.15) is 0 Å². The van der Waals surface area contributed by atoms with Crippen molar-refractivity contribution >= 4 is 29.5 Å². The second kappa shape index (κ2) is 7.80. The quantitative estimate of drug-likeness (QED) is 0.618. The second-order valence-corrected chi connectivity index (χ2v) is 5.80. The molecule has 0 bridgehead atoms. The van der Waals surface area contributed by atoms with Gasteiger partial charge in [0, 0.05) is 10.7 Å². The van der Waals surface area contributed by atoms with Crippen LogP contribution in [0.25, 0.3) is 0 Å². The molecule has 0 aliphatic heterocycles. The van der Waals surface area contributed by atoms with Crippen LogP contribution in [-0.4, -0.2) is 12.2 Å². The summed E-state index contributed by atoms with van der Waals surface area (Å²) in [5, 5.41) is 3.06. The molecule has 0 aliphatic rings. The average Bonchev–Trinajstić information content (AvgIpc) is 2.63. The Balaban J connectivity index is 1.81. The molecule has 0 heterocycles. The van der Waals surface area contributed by atoms with Crippen molar-refractivity contribution in [3.8, 4) is 11.5 Å². The van der Waals surface area contributed by atoms with E-state index in [-0.39, 0.29) is 11.1 Å². The Morgan fingerprint density at radius 3 is 2.58 bits per heavy atom. The maximum Gasteiger partial charge on any atom is 0.258 e. The maximum atomic E-state index is 13.7. The van der Waals surface area contributed by atoms with Gasteiger partial charge in [0.1, 0.15) is 17.3 Å². The zero-order valence-electron chi connectivity index (χ0n) is 13.4. The van der Waals surface area contributed by atoms with E-state index in [1.807, 2.05) is 0 Å². The molecule has 6 heteroatoms. The smallest absolute Gasteiger partial charge is 0.258 e. The normalized spacial score (nSPS) is 10.2. The Labute approximate surface area is 154 Å². The number of anilines is 1. The van der Waals surface area contributed by atoms with E-state index in [1.54, 1.807) is 42.5 Å². The predicted octanol–water partition coefficient (Wildman–Crippen LogP) is 5.34. The number of halogens is 2. The van der Waals surface area contributed by atoms with E-state index in [9.17, 15) is 14.0 Å². The summed E-state index contributed by atoms with van der Waals surface area (Å²) in [4.78, 5) is 23.5. The molecule has 0 saturated carbocycles. The standard InChI is InChI=1S/C20H13ClFNO3/c21-14-4-3-5-16(11-14)26-19-9-8-15(10-13(19)12-24)23-20(25)17-6-1-2-7-18(17)22/h1-12H,(H,23,25). The van der Waals surface area contributed by atoms with Crippen LogP contribution in [0, 0.1) is 5.82 Å². The summed E-state index contributed by atoms with van der Waals surface area (Å²) >= 11 is 5.91. The molecule has 130 valence electrons. The summed E-state index contributed by atoms with van der Waals surface area (Å²) < 4.78 is 19.3. The van der Waals surface area contributed by atoms with Crippen LogP contribution >= 0.6 is 11.6 Å². The van der Waals surface area contributed by atoms with Gasteiger partial charge in [-0.25, -0.2) is 4.39 Å². The van der Waals surface area contributed by atoms with Crippen LogP contribution in [0.5, 0.6) is 11.5 Å². The fraction of sp³-hybridized carbons (Fsp3) is 0. The lowest BCUT2D eigenvalue weighted by molar-refractivity contribution is 0.102. The molecule has 3 rings (SSSR count). The SMILES string of the molecule is O=Cc1cc(NC(=O)c2ccccc2F)ccc1Oc1cccc(Cl)c1. The predicted molar refractivity (Wildman–Crippen MR) is 97.7 cm³/mol. The van der Waals surface area contributed by atoms with Gasteiger partial charge in [0.2, 0.25) is 0 Å². The Morgan fingerprint density at radius 2 is 1.85 bits per heavy atom. The van der Waals surface area contributed by atoms with Crippen LogP contribution < -0.4 is 10.1 Å². The van der Waals surface area contributed by atoms with Gasteiger partial charge in [-0.15, -0.1) is 0 Å². The highest BCUT2D eigenvalue weighted by Crippen LogP contribution is 2.28. The number of amides is 1. The third-order valence-corrected chi connectivity index (χ3v) is 3.77. The highest BCUT2D eigenvalue weighted by molar-refractivity contribution is 6.30. The third kappa shape index (κ3) is 4.07. The fourth-order valence-corrected chi connectivity index (χ4v) is 2.49. The minimum Gasteiger partial charge on any atom is -0.457 e. The molecule has 3 aromatic rings. The molecule has 3 aromatic carbocycles. The molecule has 0 saturated heterocycles. The van der Waals surface area contributed by atoms with E-state index in [2.05, 4.69) is 5.32 Å². The average molecular weight is 370 g/mol. The molecular weight excluding hydrogens is 357 g/mol. The Kier molecular flexibility index (Phi) is 5.29. The van der Waals surface area contributed by atoms with E-state index >= 15 is 0 Å². The lowest BCUT2D eigenvalue weighted by Gasteiger charge is -2.11. The number of aldehydes is 1. The Morgan fingerprint density at radius 1 is 1.04 bits per heavy atom. The van der Waals surface area contributed by atoms with E-state index in [0.717, 1.165) is 0 Å². The first-order valence-electron chi connectivity index (χ1n) is 7.65. The molecule has 0 atom stereocenters. The van der Waals surface area contributed by atoms with Crippen LogP contribution in [0.15, 0.2) is 66.7 Å². The van der Waals surface area contributed by atoms with E-state index in [4.69, 9.17) is 16.3 Å². The number of carbonyl (C=O) groups excluding carboxylic acids is 2. The lowest BCUT2D eigenvalue weighted by Crippen LogP contribution is -2.13. The monoisotopic (exact) mass is 369 g/mol. The van der Waals surface area contributed by atoms with Crippen molar-refractivity contribution in [2.45, 2.75) is 0 Å². The van der Waals surface area contributed by atoms with Crippen molar-refractivity contribution in [2.75, 3.05) is 5.32 Å². The van der Waals surface area contributed by atoms with Gasteiger partial charge in [0.25, 0.3) is 5.91 Å². The molecule has 0 fully saturated rings. The molecule has 0 radical (unpaired) electrons. The summed E-state index contributed by atoms with van der Waals surface area (Å²) in [6, 6.07) is 16.9. The minimum absolute atomic E-state index is 0.0839. The van der Waals surface area contributed by atoms with E-state index in [0.29, 0.717) is 28.5 Å². The Hall–Kier alpha value is -3.18. The van der Waals surface area contributed by atoms with Crippen molar-refractivity contribution in [2.24, 2.45) is 0 Å². The number of hydrogen-bond donors (Lipinski definition) is 1. The third-order valence-electron chi connectivity index (χ3n) is 3.54. The van der Waals surface area contributed by atoms with Crippen molar-refractivity contribution < 1.29 is 18.7 Å². The number of rotatable bonds is 5. The van der Waals surface area contributed by atoms with Crippen molar-refractivity contribution in [1.82, 2.24) is 0 Å². The van der Waals surface area contributed by atoms with Crippen LogP contribution in [0.2, 0.25) is 5.02 Å². The largest absolute Gasteiger partial charge is 0.457 e. The molecule has 0 aromatic heterocycles. The zero-order valence-corrected chi connectivity index (χ0v) is 14.2. The van der Waals surface area contributed by atoms with Crippen LogP contribution in [0.4, 0.5) is 10.1 Å². The highest BCUT2D eigenvalue weighted by atomic mass is 35.5. The van der Waals surface area contributed by atoms with Crippen LogP contribution in [0.1, 0.15) is 20.7 Å². The van der Waals surface area contributed by atoms with Crippen molar-refractivity contribution in [3.05, 3.63) is 88.7 Å². The zero-order chi connectivity index (χ0) is 18.5. The first-order valence-corrected chi connectivity index (χ1v) is 8.03. The second-order valence-electron chi connectivity index (χ2n) is 5.36. The van der Waals surface area contributed by atoms with Gasteiger partial charge < -0.3 is 10.1 Å². The van der Waals surface area contributed by atoms with Crippen LogP contribution in [0.3, 0.4) is 0 Å². The van der Waals surface area contributed by atoms with Gasteiger partial charge in [-0.1, -0.05) is 29.8 Å². The number of nitrogens with one attached hydrogen (secondary N) is 1. The van der Waals surface area contributed by atoms with Gasteiger partial charge in [0.05, 0.1) is 11.1 Å². The van der Waals surface area contributed by atoms with Gasteiger partial charge in [-0.05, 0) is 48.5 Å².